The Morgan fingerprint density at radius 3 is 1.94 bits per heavy atom. The molecule has 0 heterocycles. The van der Waals surface area contributed by atoms with Crippen molar-refractivity contribution in [3.05, 3.63) is 82.9 Å². The van der Waals surface area contributed by atoms with E-state index in [0.29, 0.717) is 45.4 Å². The minimum Gasteiger partial charge on any atom is -0.489 e. The van der Waals surface area contributed by atoms with Crippen molar-refractivity contribution in [2.24, 2.45) is 0 Å². The first-order valence-electron chi connectivity index (χ1n) is 11.9. The molecule has 0 aromatic heterocycles. The van der Waals surface area contributed by atoms with E-state index in [1.165, 1.54) is 6.92 Å². The molecule has 4 aromatic rings. The Kier molecular flexibility index (Phi) is 8.01. The van der Waals surface area contributed by atoms with Gasteiger partial charge in [-0.3, -0.25) is 4.79 Å². The molecule has 0 spiro atoms. The van der Waals surface area contributed by atoms with Crippen LogP contribution in [0, 0.1) is 13.8 Å². The summed E-state index contributed by atoms with van der Waals surface area (Å²) in [6.45, 7) is 7.88. The van der Waals surface area contributed by atoms with E-state index in [4.69, 9.17) is 30.5 Å². The first-order chi connectivity index (χ1) is 17.4. The van der Waals surface area contributed by atoms with E-state index in [2.05, 4.69) is 6.92 Å². The minimum atomic E-state index is -0.485. The van der Waals surface area contributed by atoms with Gasteiger partial charge in [-0.15, -0.1) is 0 Å². The molecule has 36 heavy (non-hydrogen) atoms. The van der Waals surface area contributed by atoms with Crippen LogP contribution in [-0.2, 0) is 4.79 Å². The predicted molar refractivity (Wildman–Crippen MR) is 143 cm³/mol. The number of carbonyl (C=O) groups is 1. The smallest absolute Gasteiger partial charge is 0.308 e. The average Bonchev–Trinajstić information content (AvgIpc) is 2.82. The summed E-state index contributed by atoms with van der Waals surface area (Å²) in [5.74, 6) is 1.96. The molecule has 0 radical (unpaired) electrons. The number of halogens is 1. The lowest BCUT2D eigenvalue weighted by Crippen LogP contribution is -2.07. The van der Waals surface area contributed by atoms with Crippen LogP contribution in [0.4, 0.5) is 0 Å². The van der Waals surface area contributed by atoms with Gasteiger partial charge in [-0.2, -0.15) is 0 Å². The molecule has 0 aliphatic carbocycles. The summed E-state index contributed by atoms with van der Waals surface area (Å²) in [6, 6.07) is 20.6. The van der Waals surface area contributed by atoms with Crippen LogP contribution in [0.3, 0.4) is 0 Å². The molecule has 0 aliphatic rings. The molecule has 186 valence electrons. The van der Waals surface area contributed by atoms with Gasteiger partial charge in [-0.1, -0.05) is 49.2 Å². The maximum atomic E-state index is 12.2. The van der Waals surface area contributed by atoms with Gasteiger partial charge in [0, 0.05) is 22.7 Å². The van der Waals surface area contributed by atoms with Crippen LogP contribution in [-0.4, -0.2) is 12.6 Å². The van der Waals surface area contributed by atoms with Gasteiger partial charge in [-0.25, -0.2) is 0 Å². The molecule has 0 saturated heterocycles. The lowest BCUT2D eigenvalue weighted by molar-refractivity contribution is -0.131. The first-order valence-corrected chi connectivity index (χ1v) is 12.3. The number of ether oxygens (including phenoxy) is 4. The molecule has 6 heteroatoms. The molecule has 0 atom stereocenters. The Morgan fingerprint density at radius 1 is 0.778 bits per heavy atom. The molecule has 0 saturated carbocycles. The number of hydrogen-bond acceptors (Lipinski definition) is 5. The molecule has 4 rings (SSSR count). The Bertz CT molecular complexity index is 1400. The molecule has 0 amide bonds. The van der Waals surface area contributed by atoms with Crippen LogP contribution in [0.1, 0.15) is 37.8 Å². The highest BCUT2D eigenvalue weighted by Crippen LogP contribution is 2.54. The molecule has 5 nitrogen and oxygen atoms in total. The van der Waals surface area contributed by atoms with Gasteiger partial charge in [0.05, 0.1) is 6.61 Å². The van der Waals surface area contributed by atoms with Crippen molar-refractivity contribution in [2.45, 2.75) is 40.5 Å². The number of esters is 1. The van der Waals surface area contributed by atoms with Crippen molar-refractivity contribution in [3.8, 4) is 34.5 Å². The summed E-state index contributed by atoms with van der Waals surface area (Å²) in [5, 5.41) is 1.81. The number of rotatable bonds is 9. The van der Waals surface area contributed by atoms with Crippen molar-refractivity contribution >= 4 is 28.3 Å². The van der Waals surface area contributed by atoms with Crippen LogP contribution in [0.2, 0.25) is 5.02 Å². The van der Waals surface area contributed by atoms with Gasteiger partial charge in [-0.05, 0) is 73.9 Å². The van der Waals surface area contributed by atoms with E-state index in [1.54, 1.807) is 18.2 Å². The normalized spacial score (nSPS) is 10.8. The van der Waals surface area contributed by atoms with Gasteiger partial charge >= 0.3 is 5.97 Å². The third-order valence-electron chi connectivity index (χ3n) is 5.50. The van der Waals surface area contributed by atoms with E-state index in [1.807, 2.05) is 62.4 Å². The zero-order chi connectivity index (χ0) is 25.7. The van der Waals surface area contributed by atoms with Crippen molar-refractivity contribution in [3.63, 3.8) is 0 Å². The number of benzene rings is 4. The minimum absolute atomic E-state index is 0.237. The van der Waals surface area contributed by atoms with Crippen molar-refractivity contribution in [2.75, 3.05) is 6.61 Å². The largest absolute Gasteiger partial charge is 0.489 e. The van der Waals surface area contributed by atoms with Gasteiger partial charge in [0.15, 0.2) is 11.5 Å². The van der Waals surface area contributed by atoms with Gasteiger partial charge in [0.1, 0.15) is 11.5 Å². The fourth-order valence-corrected chi connectivity index (χ4v) is 4.01. The highest BCUT2D eigenvalue weighted by atomic mass is 35.5. The van der Waals surface area contributed by atoms with Crippen LogP contribution < -0.4 is 18.9 Å². The summed E-state index contributed by atoms with van der Waals surface area (Å²) < 4.78 is 24.9. The monoisotopic (exact) mass is 504 g/mol. The lowest BCUT2D eigenvalue weighted by Gasteiger charge is -2.22. The second-order valence-electron chi connectivity index (χ2n) is 8.64. The molecular formula is C30H29ClO5. The average molecular weight is 505 g/mol. The fourth-order valence-electron chi connectivity index (χ4n) is 3.84. The van der Waals surface area contributed by atoms with Crippen molar-refractivity contribution in [1.82, 2.24) is 0 Å². The number of carbonyl (C=O) groups excluding carboxylic acids is 1. The highest BCUT2D eigenvalue weighted by molar-refractivity contribution is 6.31. The Labute approximate surface area is 216 Å². The Morgan fingerprint density at radius 2 is 1.39 bits per heavy atom. The highest BCUT2D eigenvalue weighted by Gasteiger charge is 2.27. The number of aryl methyl sites for hydroxylation is 2. The Hall–Kier alpha value is -3.70. The molecule has 0 aliphatic heterocycles. The van der Waals surface area contributed by atoms with Crippen LogP contribution in [0.15, 0.2) is 66.7 Å². The fraction of sp³-hybridized carbons (Fsp3) is 0.233. The van der Waals surface area contributed by atoms with Gasteiger partial charge in [0.25, 0.3) is 0 Å². The van der Waals surface area contributed by atoms with Crippen molar-refractivity contribution in [1.29, 1.82) is 0 Å². The maximum Gasteiger partial charge on any atom is 0.308 e. The molecule has 0 bridgehead atoms. The van der Waals surface area contributed by atoms with E-state index in [9.17, 15) is 4.79 Å². The van der Waals surface area contributed by atoms with Crippen LogP contribution in [0.25, 0.3) is 10.8 Å². The second-order valence-corrected chi connectivity index (χ2v) is 9.08. The van der Waals surface area contributed by atoms with Crippen LogP contribution >= 0.6 is 11.6 Å². The molecule has 0 unspecified atom stereocenters. The summed E-state index contributed by atoms with van der Waals surface area (Å²) in [7, 11) is 0. The summed E-state index contributed by atoms with van der Waals surface area (Å²) in [4.78, 5) is 12.2. The second kappa shape index (κ2) is 11.4. The molecule has 0 fully saturated rings. The Balaban J connectivity index is 2.03. The quantitative estimate of drug-likeness (QED) is 0.129. The lowest BCUT2D eigenvalue weighted by atomic mass is 10.1. The molecular weight excluding hydrogens is 476 g/mol. The van der Waals surface area contributed by atoms with E-state index < -0.39 is 5.97 Å². The number of unbranched alkanes of at least 4 members (excludes halogenated alkanes) is 1. The first kappa shape index (κ1) is 25.4. The van der Waals surface area contributed by atoms with E-state index in [0.717, 1.165) is 24.0 Å². The number of hydrogen-bond donors (Lipinski definition) is 0. The SMILES string of the molecule is CCCCOc1c(Oc2cccc(C)c2)c(Oc2cccc(C)c2)c(OC(C)=O)c2ccc(Cl)cc12. The van der Waals surface area contributed by atoms with Crippen molar-refractivity contribution < 1.29 is 23.7 Å². The number of fused-ring (bicyclic) bond motifs is 1. The summed E-state index contributed by atoms with van der Waals surface area (Å²) in [5.41, 5.74) is 2.06. The third kappa shape index (κ3) is 5.92. The standard InChI is InChI=1S/C30H29ClO5/c1-5-6-15-33-27-26-18-22(31)13-14-25(26)28(34-21(4)32)30(36-24-12-8-10-20(3)17-24)29(27)35-23-11-7-9-19(2)16-23/h7-14,16-18H,5-6,15H2,1-4H3. The zero-order valence-electron chi connectivity index (χ0n) is 20.9. The summed E-state index contributed by atoms with van der Waals surface area (Å²) in [6.07, 6.45) is 1.82. The molecule has 0 N–H and O–H groups in total. The predicted octanol–water partition coefficient (Wildman–Crippen LogP) is 8.80. The molecule has 4 aromatic carbocycles. The third-order valence-corrected chi connectivity index (χ3v) is 5.73. The zero-order valence-corrected chi connectivity index (χ0v) is 21.6. The summed E-state index contributed by atoms with van der Waals surface area (Å²) >= 11 is 6.39. The van der Waals surface area contributed by atoms with E-state index >= 15 is 0 Å². The van der Waals surface area contributed by atoms with E-state index in [-0.39, 0.29) is 11.5 Å². The maximum absolute atomic E-state index is 12.2. The van der Waals surface area contributed by atoms with Crippen LogP contribution in [0.5, 0.6) is 34.5 Å². The topological polar surface area (TPSA) is 54.0 Å². The van der Waals surface area contributed by atoms with Gasteiger partial charge < -0.3 is 18.9 Å². The van der Waals surface area contributed by atoms with Gasteiger partial charge in [0.2, 0.25) is 11.5 Å².